The number of carboxylic acids is 1. The fourth-order valence-corrected chi connectivity index (χ4v) is 2.62. The minimum Gasteiger partial charge on any atom is -0.481 e. The third-order valence-corrected chi connectivity index (χ3v) is 3.67. The van der Waals surface area contributed by atoms with Crippen molar-refractivity contribution < 1.29 is 19.2 Å². The standard InChI is InChI=1S/C16H10ClNO5/c17-11-6-4-9(5-7-11)14-12-3-1-2-10(8-13(19)20)15(12)23-16(14)18(21)22/h1-7H,8H2,(H,19,20). The number of aliphatic carboxylic acids is 1. The first-order chi connectivity index (χ1) is 11.0. The maximum atomic E-state index is 11.3. The SMILES string of the molecule is O=C(O)Cc1cccc2c(-c3ccc(Cl)cc3)c([N+](=O)[O-])oc12. The molecule has 0 amide bonds. The predicted molar refractivity (Wildman–Crippen MR) is 84.7 cm³/mol. The van der Waals surface area contributed by atoms with Crippen LogP contribution in [0.25, 0.3) is 22.1 Å². The lowest BCUT2D eigenvalue weighted by Gasteiger charge is -2.00. The van der Waals surface area contributed by atoms with Gasteiger partial charge in [0.1, 0.15) is 16.1 Å². The van der Waals surface area contributed by atoms with Crippen molar-refractivity contribution in [3.63, 3.8) is 0 Å². The molecule has 2 aromatic carbocycles. The molecule has 116 valence electrons. The van der Waals surface area contributed by atoms with E-state index in [9.17, 15) is 14.9 Å². The van der Waals surface area contributed by atoms with Gasteiger partial charge in [-0.25, -0.2) is 0 Å². The van der Waals surface area contributed by atoms with Crippen molar-refractivity contribution in [3.8, 4) is 11.1 Å². The molecule has 0 unspecified atom stereocenters. The van der Waals surface area contributed by atoms with Crippen LogP contribution in [0.15, 0.2) is 46.9 Å². The van der Waals surface area contributed by atoms with Gasteiger partial charge in [-0.3, -0.25) is 14.9 Å². The van der Waals surface area contributed by atoms with E-state index in [2.05, 4.69) is 0 Å². The summed E-state index contributed by atoms with van der Waals surface area (Å²) in [5, 5.41) is 21.3. The van der Waals surface area contributed by atoms with Crippen LogP contribution in [0.5, 0.6) is 0 Å². The fraction of sp³-hybridized carbons (Fsp3) is 0.0625. The number of nitrogens with zero attached hydrogens (tertiary/aromatic N) is 1. The summed E-state index contributed by atoms with van der Waals surface area (Å²) in [4.78, 5) is 21.7. The Hall–Kier alpha value is -2.86. The van der Waals surface area contributed by atoms with E-state index < -0.39 is 16.8 Å². The first-order valence-electron chi connectivity index (χ1n) is 6.64. The van der Waals surface area contributed by atoms with Crippen LogP contribution in [-0.4, -0.2) is 16.0 Å². The first-order valence-corrected chi connectivity index (χ1v) is 7.01. The average molecular weight is 332 g/mol. The number of furan rings is 1. The number of halogens is 1. The average Bonchev–Trinajstić information content (AvgIpc) is 2.88. The van der Waals surface area contributed by atoms with Crippen molar-refractivity contribution in [2.24, 2.45) is 0 Å². The van der Waals surface area contributed by atoms with E-state index in [4.69, 9.17) is 21.1 Å². The lowest BCUT2D eigenvalue weighted by Crippen LogP contribution is -1.99. The normalized spacial score (nSPS) is 10.8. The van der Waals surface area contributed by atoms with Crippen LogP contribution in [0, 0.1) is 10.1 Å². The monoisotopic (exact) mass is 331 g/mol. The highest BCUT2D eigenvalue weighted by Crippen LogP contribution is 2.41. The highest BCUT2D eigenvalue weighted by molar-refractivity contribution is 6.30. The first kappa shape index (κ1) is 15.1. The van der Waals surface area contributed by atoms with E-state index in [1.807, 2.05) is 0 Å². The molecule has 23 heavy (non-hydrogen) atoms. The molecule has 1 N–H and O–H groups in total. The third-order valence-electron chi connectivity index (χ3n) is 3.42. The molecule has 0 saturated carbocycles. The number of hydrogen-bond donors (Lipinski definition) is 1. The molecule has 0 radical (unpaired) electrons. The van der Waals surface area contributed by atoms with Gasteiger partial charge < -0.3 is 9.52 Å². The number of nitro groups is 1. The molecule has 0 fully saturated rings. The minimum atomic E-state index is -1.04. The van der Waals surface area contributed by atoms with E-state index in [0.29, 0.717) is 27.1 Å². The van der Waals surface area contributed by atoms with Crippen molar-refractivity contribution in [1.82, 2.24) is 0 Å². The van der Waals surface area contributed by atoms with Gasteiger partial charge >= 0.3 is 11.9 Å². The van der Waals surface area contributed by atoms with Crippen LogP contribution in [0.1, 0.15) is 5.56 Å². The molecule has 3 rings (SSSR count). The summed E-state index contributed by atoms with van der Waals surface area (Å²) >= 11 is 5.85. The van der Waals surface area contributed by atoms with Gasteiger partial charge in [-0.15, -0.1) is 0 Å². The summed E-state index contributed by atoms with van der Waals surface area (Å²) < 4.78 is 5.38. The lowest BCUT2D eigenvalue weighted by atomic mass is 10.0. The molecule has 1 heterocycles. The molecule has 7 heteroatoms. The number of rotatable bonds is 4. The van der Waals surface area contributed by atoms with Gasteiger partial charge in [0, 0.05) is 16.0 Å². The zero-order valence-electron chi connectivity index (χ0n) is 11.7. The molecule has 3 aromatic rings. The summed E-state index contributed by atoms with van der Waals surface area (Å²) in [7, 11) is 0. The quantitative estimate of drug-likeness (QED) is 0.568. The van der Waals surface area contributed by atoms with Crippen molar-refractivity contribution in [1.29, 1.82) is 0 Å². The second-order valence-electron chi connectivity index (χ2n) is 4.91. The molecule has 1 aromatic heterocycles. The van der Waals surface area contributed by atoms with Crippen LogP contribution in [0.2, 0.25) is 5.02 Å². The molecule has 0 aliphatic carbocycles. The maximum Gasteiger partial charge on any atom is 0.442 e. The molecule has 0 bridgehead atoms. The topological polar surface area (TPSA) is 93.6 Å². The number of para-hydroxylation sites is 1. The van der Waals surface area contributed by atoms with Crippen molar-refractivity contribution >= 4 is 34.4 Å². The van der Waals surface area contributed by atoms with Gasteiger partial charge in [0.25, 0.3) is 0 Å². The third kappa shape index (κ3) is 2.76. The Morgan fingerprint density at radius 2 is 1.91 bits per heavy atom. The fourth-order valence-electron chi connectivity index (χ4n) is 2.49. The van der Waals surface area contributed by atoms with Crippen LogP contribution >= 0.6 is 11.6 Å². The van der Waals surface area contributed by atoms with Gasteiger partial charge in [-0.1, -0.05) is 41.9 Å². The Kier molecular flexibility index (Phi) is 3.75. The molecule has 0 aliphatic heterocycles. The van der Waals surface area contributed by atoms with Gasteiger partial charge in [0.05, 0.1) is 6.42 Å². The summed E-state index contributed by atoms with van der Waals surface area (Å²) in [5.74, 6) is -1.45. The highest BCUT2D eigenvalue weighted by Gasteiger charge is 2.26. The molecular weight excluding hydrogens is 322 g/mol. The minimum absolute atomic E-state index is 0.214. The van der Waals surface area contributed by atoms with Gasteiger partial charge in [-0.2, -0.15) is 0 Å². The smallest absolute Gasteiger partial charge is 0.442 e. The Morgan fingerprint density at radius 1 is 1.22 bits per heavy atom. The van der Waals surface area contributed by atoms with Gasteiger partial charge in [0.15, 0.2) is 0 Å². The molecule has 0 aliphatic rings. The zero-order valence-corrected chi connectivity index (χ0v) is 12.4. The zero-order chi connectivity index (χ0) is 16.6. The second-order valence-corrected chi connectivity index (χ2v) is 5.35. The summed E-state index contributed by atoms with van der Waals surface area (Å²) in [6.07, 6.45) is -0.276. The van der Waals surface area contributed by atoms with Gasteiger partial charge in [-0.05, 0) is 17.7 Å². The van der Waals surface area contributed by atoms with Crippen LogP contribution in [-0.2, 0) is 11.2 Å². The van der Waals surface area contributed by atoms with Crippen LogP contribution < -0.4 is 0 Å². The van der Waals surface area contributed by atoms with Gasteiger partial charge in [0.2, 0.25) is 0 Å². The molecular formula is C16H10ClNO5. The Bertz CT molecular complexity index is 914. The number of hydrogen-bond acceptors (Lipinski definition) is 4. The Balaban J connectivity index is 2.31. The largest absolute Gasteiger partial charge is 0.481 e. The Labute approximate surface area is 135 Å². The van der Waals surface area contributed by atoms with E-state index in [-0.39, 0.29) is 12.0 Å². The molecule has 0 spiro atoms. The number of benzene rings is 2. The second kappa shape index (κ2) is 5.73. The van der Waals surface area contributed by atoms with Crippen molar-refractivity contribution in [3.05, 3.63) is 63.2 Å². The van der Waals surface area contributed by atoms with E-state index in [1.54, 1.807) is 42.5 Å². The van der Waals surface area contributed by atoms with E-state index in [0.717, 1.165) is 0 Å². The van der Waals surface area contributed by atoms with Crippen LogP contribution in [0.4, 0.5) is 5.88 Å². The van der Waals surface area contributed by atoms with Crippen LogP contribution in [0.3, 0.4) is 0 Å². The molecule has 6 nitrogen and oxygen atoms in total. The molecule has 0 atom stereocenters. The predicted octanol–water partition coefficient (Wildman–Crippen LogP) is 4.29. The number of fused-ring (bicyclic) bond motifs is 1. The lowest BCUT2D eigenvalue weighted by molar-refractivity contribution is -0.400. The Morgan fingerprint density at radius 3 is 2.52 bits per heavy atom. The van der Waals surface area contributed by atoms with E-state index >= 15 is 0 Å². The van der Waals surface area contributed by atoms with Crippen molar-refractivity contribution in [2.75, 3.05) is 0 Å². The number of carboxylic acid groups (broad SMARTS) is 1. The summed E-state index contributed by atoms with van der Waals surface area (Å²) in [5.41, 5.74) is 1.49. The highest BCUT2D eigenvalue weighted by atomic mass is 35.5. The number of carbonyl (C=O) groups is 1. The van der Waals surface area contributed by atoms with Crippen molar-refractivity contribution in [2.45, 2.75) is 6.42 Å². The molecule has 0 saturated heterocycles. The summed E-state index contributed by atoms with van der Waals surface area (Å²) in [6, 6.07) is 11.5. The maximum absolute atomic E-state index is 11.3. The summed E-state index contributed by atoms with van der Waals surface area (Å²) in [6.45, 7) is 0. The van der Waals surface area contributed by atoms with E-state index in [1.165, 1.54) is 0 Å².